The second kappa shape index (κ2) is 4.94. The quantitative estimate of drug-likeness (QED) is 0.814. The Labute approximate surface area is 107 Å². The van der Waals surface area contributed by atoms with Crippen molar-refractivity contribution >= 4 is 11.7 Å². The molecule has 0 saturated carbocycles. The molecule has 5 nitrogen and oxygen atoms in total. The van der Waals surface area contributed by atoms with Gasteiger partial charge in [0.25, 0.3) is 0 Å². The summed E-state index contributed by atoms with van der Waals surface area (Å²) in [5.74, 6) is 0.691. The number of anilines is 1. The van der Waals surface area contributed by atoms with Crippen LogP contribution in [0, 0.1) is 5.41 Å². The molecular weight excluding hydrogens is 228 g/mol. The fourth-order valence-electron chi connectivity index (χ4n) is 2.27. The van der Waals surface area contributed by atoms with Gasteiger partial charge >= 0.3 is 0 Å². The normalized spacial score (nSPS) is 23.3. The Kier molecular flexibility index (Phi) is 3.52. The summed E-state index contributed by atoms with van der Waals surface area (Å²) in [5, 5.41) is 3.09. The predicted molar refractivity (Wildman–Crippen MR) is 71.1 cm³/mol. The van der Waals surface area contributed by atoms with E-state index < -0.39 is 5.41 Å². The van der Waals surface area contributed by atoms with E-state index in [0.29, 0.717) is 6.54 Å². The highest BCUT2D eigenvalue weighted by molar-refractivity contribution is 5.82. The molecule has 0 spiro atoms. The third kappa shape index (κ3) is 2.46. The molecule has 0 aromatic carbocycles. The lowest BCUT2D eigenvalue weighted by Gasteiger charge is -2.21. The Bertz CT molecular complexity index is 431. The molecule has 18 heavy (non-hydrogen) atoms. The van der Waals surface area contributed by atoms with Crippen LogP contribution in [0.1, 0.15) is 18.9 Å². The van der Waals surface area contributed by atoms with Crippen LogP contribution in [0.25, 0.3) is 0 Å². The fourth-order valence-corrected chi connectivity index (χ4v) is 2.27. The number of nitrogens with zero attached hydrogens (tertiary/aromatic N) is 2. The maximum absolute atomic E-state index is 11.4. The molecule has 1 aromatic heterocycles. The van der Waals surface area contributed by atoms with Gasteiger partial charge in [0, 0.05) is 25.8 Å². The average Bonchev–Trinajstić information content (AvgIpc) is 2.75. The SMILES string of the molecule is CNCc1ccc(N2CCC(C)(C(N)=O)C2)nc1. The van der Waals surface area contributed by atoms with Crippen LogP contribution in [0.3, 0.4) is 0 Å². The van der Waals surface area contributed by atoms with E-state index in [9.17, 15) is 4.79 Å². The lowest BCUT2D eigenvalue weighted by atomic mass is 9.89. The van der Waals surface area contributed by atoms with E-state index in [0.717, 1.165) is 30.9 Å². The van der Waals surface area contributed by atoms with E-state index in [4.69, 9.17) is 5.73 Å². The number of nitrogens with two attached hydrogens (primary N) is 1. The molecular formula is C13H20N4O. The molecule has 0 bridgehead atoms. The number of carbonyl (C=O) groups excluding carboxylic acids is 1. The van der Waals surface area contributed by atoms with E-state index in [2.05, 4.69) is 21.3 Å². The third-order valence-corrected chi connectivity index (χ3v) is 3.58. The highest BCUT2D eigenvalue weighted by atomic mass is 16.1. The zero-order valence-electron chi connectivity index (χ0n) is 10.9. The summed E-state index contributed by atoms with van der Waals surface area (Å²) in [6, 6.07) is 4.05. The van der Waals surface area contributed by atoms with Crippen molar-refractivity contribution in [2.45, 2.75) is 19.9 Å². The molecule has 1 fully saturated rings. The van der Waals surface area contributed by atoms with Crippen molar-refractivity contribution in [3.8, 4) is 0 Å². The molecule has 1 saturated heterocycles. The van der Waals surface area contributed by atoms with Crippen molar-refractivity contribution in [1.82, 2.24) is 10.3 Å². The summed E-state index contributed by atoms with van der Waals surface area (Å²) in [7, 11) is 1.91. The van der Waals surface area contributed by atoms with Crippen LogP contribution >= 0.6 is 0 Å². The molecule has 1 amide bonds. The zero-order chi connectivity index (χ0) is 13.2. The maximum Gasteiger partial charge on any atom is 0.225 e. The van der Waals surface area contributed by atoms with Crippen molar-refractivity contribution in [2.75, 3.05) is 25.0 Å². The van der Waals surface area contributed by atoms with Gasteiger partial charge in [0.05, 0.1) is 5.41 Å². The second-order valence-electron chi connectivity index (χ2n) is 5.15. The number of rotatable bonds is 4. The number of aromatic nitrogens is 1. The molecule has 1 aliphatic rings. The minimum atomic E-state index is -0.425. The van der Waals surface area contributed by atoms with Crippen LogP contribution in [-0.2, 0) is 11.3 Å². The van der Waals surface area contributed by atoms with Crippen LogP contribution in [0.4, 0.5) is 5.82 Å². The summed E-state index contributed by atoms with van der Waals surface area (Å²) < 4.78 is 0. The first kappa shape index (κ1) is 12.8. The van der Waals surface area contributed by atoms with Crippen LogP contribution < -0.4 is 16.0 Å². The Morgan fingerprint density at radius 1 is 1.61 bits per heavy atom. The number of amides is 1. The molecule has 1 unspecified atom stereocenters. The monoisotopic (exact) mass is 248 g/mol. The van der Waals surface area contributed by atoms with Gasteiger partial charge in [0.15, 0.2) is 0 Å². The van der Waals surface area contributed by atoms with E-state index in [1.165, 1.54) is 0 Å². The fraction of sp³-hybridized carbons (Fsp3) is 0.538. The van der Waals surface area contributed by atoms with Crippen LogP contribution in [0.2, 0.25) is 0 Å². The summed E-state index contributed by atoms with van der Waals surface area (Å²) in [6.07, 6.45) is 2.66. The number of pyridine rings is 1. The molecule has 2 heterocycles. The van der Waals surface area contributed by atoms with Crippen molar-refractivity contribution in [1.29, 1.82) is 0 Å². The molecule has 0 radical (unpaired) electrons. The summed E-state index contributed by atoms with van der Waals surface area (Å²) in [5.41, 5.74) is 6.17. The van der Waals surface area contributed by atoms with Crippen molar-refractivity contribution in [2.24, 2.45) is 11.1 Å². The van der Waals surface area contributed by atoms with Gasteiger partial charge in [-0.2, -0.15) is 0 Å². The van der Waals surface area contributed by atoms with Crippen molar-refractivity contribution in [3.05, 3.63) is 23.9 Å². The topological polar surface area (TPSA) is 71.2 Å². The highest BCUT2D eigenvalue weighted by Gasteiger charge is 2.39. The molecule has 1 atom stereocenters. The van der Waals surface area contributed by atoms with Gasteiger partial charge in [-0.1, -0.05) is 6.07 Å². The lowest BCUT2D eigenvalue weighted by Crippen LogP contribution is -2.37. The van der Waals surface area contributed by atoms with E-state index in [-0.39, 0.29) is 5.91 Å². The summed E-state index contributed by atoms with van der Waals surface area (Å²) >= 11 is 0. The van der Waals surface area contributed by atoms with Gasteiger partial charge in [-0.25, -0.2) is 4.98 Å². The Morgan fingerprint density at radius 2 is 2.39 bits per heavy atom. The molecule has 2 rings (SSSR count). The predicted octanol–water partition coefficient (Wildman–Crippen LogP) is 0.503. The highest BCUT2D eigenvalue weighted by Crippen LogP contribution is 2.31. The summed E-state index contributed by atoms with van der Waals surface area (Å²) in [4.78, 5) is 18.0. The van der Waals surface area contributed by atoms with Gasteiger partial charge in [0.1, 0.15) is 5.82 Å². The maximum atomic E-state index is 11.4. The van der Waals surface area contributed by atoms with E-state index in [1.54, 1.807) is 0 Å². The molecule has 3 N–H and O–H groups in total. The van der Waals surface area contributed by atoms with Gasteiger partial charge in [0.2, 0.25) is 5.91 Å². The molecule has 5 heteroatoms. The molecule has 1 aromatic rings. The first-order valence-electron chi connectivity index (χ1n) is 6.19. The Hall–Kier alpha value is -1.62. The van der Waals surface area contributed by atoms with Gasteiger partial charge in [-0.15, -0.1) is 0 Å². The first-order chi connectivity index (χ1) is 8.55. The number of hydrogen-bond acceptors (Lipinski definition) is 4. The Morgan fingerprint density at radius 3 is 2.89 bits per heavy atom. The number of primary amides is 1. The first-order valence-corrected chi connectivity index (χ1v) is 6.19. The third-order valence-electron chi connectivity index (χ3n) is 3.58. The zero-order valence-corrected chi connectivity index (χ0v) is 10.9. The number of carbonyl (C=O) groups is 1. The van der Waals surface area contributed by atoms with Crippen molar-refractivity contribution < 1.29 is 4.79 Å². The van der Waals surface area contributed by atoms with Gasteiger partial charge < -0.3 is 16.0 Å². The minimum absolute atomic E-state index is 0.225. The largest absolute Gasteiger partial charge is 0.369 e. The van der Waals surface area contributed by atoms with Crippen LogP contribution in [0.5, 0.6) is 0 Å². The standard InChI is InChI=1S/C13H20N4O/c1-13(12(14)18)5-6-17(9-13)11-4-3-10(7-15-2)8-16-11/h3-4,8,15H,5-7,9H2,1-2H3,(H2,14,18). The molecule has 98 valence electrons. The lowest BCUT2D eigenvalue weighted by molar-refractivity contribution is -0.125. The second-order valence-corrected chi connectivity index (χ2v) is 5.15. The molecule has 0 aliphatic carbocycles. The van der Waals surface area contributed by atoms with E-state index in [1.807, 2.05) is 26.2 Å². The van der Waals surface area contributed by atoms with Crippen LogP contribution in [0.15, 0.2) is 18.3 Å². The smallest absolute Gasteiger partial charge is 0.225 e. The van der Waals surface area contributed by atoms with Crippen molar-refractivity contribution in [3.63, 3.8) is 0 Å². The molecule has 1 aliphatic heterocycles. The average molecular weight is 248 g/mol. The van der Waals surface area contributed by atoms with E-state index >= 15 is 0 Å². The summed E-state index contributed by atoms with van der Waals surface area (Å²) in [6.45, 7) is 4.22. The van der Waals surface area contributed by atoms with Gasteiger partial charge in [-0.3, -0.25) is 4.79 Å². The van der Waals surface area contributed by atoms with Gasteiger partial charge in [-0.05, 0) is 32.0 Å². The minimum Gasteiger partial charge on any atom is -0.369 e. The Balaban J connectivity index is 2.07. The van der Waals surface area contributed by atoms with Crippen LogP contribution in [-0.4, -0.2) is 31.0 Å². The number of nitrogens with one attached hydrogen (secondary N) is 1. The number of hydrogen-bond donors (Lipinski definition) is 2.